The number of aryl methyl sites for hydroxylation is 2. The topological polar surface area (TPSA) is 53.3 Å². The van der Waals surface area contributed by atoms with Crippen LogP contribution in [0.4, 0.5) is 5.69 Å². The summed E-state index contributed by atoms with van der Waals surface area (Å²) in [6, 6.07) is 6.37. The molecule has 4 heteroatoms. The molecule has 0 fully saturated rings. The zero-order chi connectivity index (χ0) is 22.6. The van der Waals surface area contributed by atoms with Gasteiger partial charge in [0.05, 0.1) is 6.61 Å². The molecular weight excluding hydrogens is 396 g/mol. The Morgan fingerprint density at radius 3 is 2.09 bits per heavy atom. The zero-order valence-corrected chi connectivity index (χ0v) is 20.0. The monoisotopic (exact) mass is 436 g/mol. The molecule has 3 rings (SSSR count). The van der Waals surface area contributed by atoms with Crippen LogP contribution in [-0.4, -0.2) is 25.7 Å². The lowest BCUT2D eigenvalue weighted by molar-refractivity contribution is -0.138. The van der Waals surface area contributed by atoms with Gasteiger partial charge in [0.25, 0.3) is 0 Å². The summed E-state index contributed by atoms with van der Waals surface area (Å²) in [5.74, 6) is -0.489. The summed E-state index contributed by atoms with van der Waals surface area (Å²) in [5.41, 5.74) is 5.18. The maximum absolute atomic E-state index is 12.4. The number of benzene rings is 1. The van der Waals surface area contributed by atoms with Gasteiger partial charge in [0.1, 0.15) is 11.6 Å². The van der Waals surface area contributed by atoms with E-state index in [9.17, 15) is 10.1 Å². The average molecular weight is 437 g/mol. The van der Waals surface area contributed by atoms with E-state index in [2.05, 4.69) is 30.0 Å². The molecule has 32 heavy (non-hydrogen) atoms. The summed E-state index contributed by atoms with van der Waals surface area (Å²) in [6.07, 6.45) is 18.7. The summed E-state index contributed by atoms with van der Waals surface area (Å²) in [6.45, 7) is 4.94. The second-order valence-electron chi connectivity index (χ2n) is 9.37. The highest BCUT2D eigenvalue weighted by molar-refractivity contribution is 5.98. The van der Waals surface area contributed by atoms with E-state index in [1.165, 1.54) is 81.0 Å². The molecule has 4 nitrogen and oxygen atoms in total. The number of nitriles is 1. The van der Waals surface area contributed by atoms with Crippen LogP contribution < -0.4 is 4.90 Å². The van der Waals surface area contributed by atoms with Gasteiger partial charge in [-0.3, -0.25) is 0 Å². The Balaban J connectivity index is 1.42. The number of unbranched alkanes of at least 4 members (excludes halogenated alkanes) is 9. The number of nitrogens with zero attached hydrogens (tertiary/aromatic N) is 2. The Hall–Kier alpha value is -2.28. The molecule has 1 aromatic rings. The van der Waals surface area contributed by atoms with E-state index in [4.69, 9.17) is 4.74 Å². The third-order valence-electron chi connectivity index (χ3n) is 6.74. The first kappa shape index (κ1) is 24.4. The second kappa shape index (κ2) is 13.3. The summed E-state index contributed by atoms with van der Waals surface area (Å²) < 4.78 is 5.40. The number of rotatable bonds is 13. The van der Waals surface area contributed by atoms with Crippen LogP contribution in [0, 0.1) is 11.3 Å². The predicted octanol–water partition coefficient (Wildman–Crippen LogP) is 6.76. The number of anilines is 1. The highest BCUT2D eigenvalue weighted by Crippen LogP contribution is 2.36. The van der Waals surface area contributed by atoms with Crippen LogP contribution in [-0.2, 0) is 22.4 Å². The van der Waals surface area contributed by atoms with Gasteiger partial charge in [-0.05, 0) is 67.0 Å². The first-order valence-electron chi connectivity index (χ1n) is 12.9. The number of esters is 1. The molecule has 0 atom stereocenters. The fourth-order valence-corrected chi connectivity index (χ4v) is 5.05. The fraction of sp³-hybridized carbons (Fsp3) is 0.643. The Labute approximate surface area is 194 Å². The van der Waals surface area contributed by atoms with Crippen LogP contribution in [0.25, 0.3) is 6.08 Å². The van der Waals surface area contributed by atoms with Gasteiger partial charge in [0.2, 0.25) is 0 Å². The molecule has 0 bridgehead atoms. The molecule has 0 aromatic heterocycles. The lowest BCUT2D eigenvalue weighted by Gasteiger charge is -2.37. The molecule has 2 aliphatic rings. The van der Waals surface area contributed by atoms with Crippen molar-refractivity contribution in [3.63, 3.8) is 0 Å². The molecule has 0 N–H and O–H groups in total. The molecule has 0 amide bonds. The summed E-state index contributed by atoms with van der Waals surface area (Å²) >= 11 is 0. The lowest BCUT2D eigenvalue weighted by Crippen LogP contribution is -2.34. The third-order valence-corrected chi connectivity index (χ3v) is 6.74. The third kappa shape index (κ3) is 7.12. The van der Waals surface area contributed by atoms with E-state index in [-0.39, 0.29) is 5.57 Å². The molecular formula is C28H40N2O2. The van der Waals surface area contributed by atoms with Crippen LogP contribution in [0.3, 0.4) is 0 Å². The number of ether oxygens (including phenoxy) is 1. The Morgan fingerprint density at radius 1 is 0.969 bits per heavy atom. The standard InChI is InChI=1S/C28H40N2O2/c1-2-3-4-5-6-7-8-9-10-11-18-32-28(31)26(22-29)21-23-19-24-14-12-16-30-17-13-15-25(20-23)27(24)30/h19-21H,2-18H2,1H3/b26-21-. The van der Waals surface area contributed by atoms with Gasteiger partial charge in [-0.2, -0.15) is 5.26 Å². The van der Waals surface area contributed by atoms with Crippen molar-refractivity contribution < 1.29 is 9.53 Å². The lowest BCUT2D eigenvalue weighted by atomic mass is 9.90. The largest absolute Gasteiger partial charge is 0.462 e. The summed E-state index contributed by atoms with van der Waals surface area (Å²) in [4.78, 5) is 14.9. The van der Waals surface area contributed by atoms with Gasteiger partial charge in [-0.1, -0.05) is 64.7 Å². The van der Waals surface area contributed by atoms with Crippen molar-refractivity contribution in [3.8, 4) is 6.07 Å². The van der Waals surface area contributed by atoms with Gasteiger partial charge in [0.15, 0.2) is 0 Å². The van der Waals surface area contributed by atoms with Crippen molar-refractivity contribution in [2.24, 2.45) is 0 Å². The molecule has 0 saturated heterocycles. The van der Waals surface area contributed by atoms with E-state index in [1.807, 2.05) is 0 Å². The number of carbonyl (C=O) groups excluding carboxylic acids is 1. The number of hydrogen-bond acceptors (Lipinski definition) is 4. The van der Waals surface area contributed by atoms with Gasteiger partial charge < -0.3 is 9.64 Å². The minimum atomic E-state index is -0.489. The van der Waals surface area contributed by atoms with Gasteiger partial charge in [-0.15, -0.1) is 0 Å². The van der Waals surface area contributed by atoms with E-state index in [0.717, 1.165) is 44.3 Å². The Morgan fingerprint density at radius 2 is 1.53 bits per heavy atom. The highest BCUT2D eigenvalue weighted by Gasteiger charge is 2.24. The molecule has 174 valence electrons. The minimum absolute atomic E-state index is 0.104. The molecule has 2 heterocycles. The minimum Gasteiger partial charge on any atom is -0.462 e. The second-order valence-corrected chi connectivity index (χ2v) is 9.37. The van der Waals surface area contributed by atoms with Crippen molar-refractivity contribution in [2.45, 2.75) is 96.8 Å². The molecule has 0 spiro atoms. The maximum Gasteiger partial charge on any atom is 0.348 e. The van der Waals surface area contributed by atoms with Crippen molar-refractivity contribution in [2.75, 3.05) is 24.6 Å². The summed E-state index contributed by atoms with van der Waals surface area (Å²) in [5, 5.41) is 9.53. The molecule has 0 unspecified atom stereocenters. The van der Waals surface area contributed by atoms with Crippen LogP contribution >= 0.6 is 0 Å². The normalized spacial score (nSPS) is 15.2. The smallest absolute Gasteiger partial charge is 0.348 e. The van der Waals surface area contributed by atoms with Crippen LogP contribution in [0.15, 0.2) is 17.7 Å². The number of hydrogen-bond donors (Lipinski definition) is 0. The average Bonchev–Trinajstić information content (AvgIpc) is 2.81. The molecule has 0 saturated carbocycles. The van der Waals surface area contributed by atoms with Gasteiger partial charge in [0, 0.05) is 18.8 Å². The highest BCUT2D eigenvalue weighted by atomic mass is 16.5. The summed E-state index contributed by atoms with van der Waals surface area (Å²) in [7, 11) is 0. The van der Waals surface area contributed by atoms with Crippen LogP contribution in [0.2, 0.25) is 0 Å². The Bertz CT molecular complexity index is 790. The Kier molecular flexibility index (Phi) is 10.1. The SMILES string of the molecule is CCCCCCCCCCCCOC(=O)/C(C#N)=C\c1cc2c3c(c1)CCCN3CCC2. The fourth-order valence-electron chi connectivity index (χ4n) is 5.05. The van der Waals surface area contributed by atoms with Gasteiger partial charge in [-0.25, -0.2) is 4.79 Å². The van der Waals surface area contributed by atoms with Crippen LogP contribution in [0.5, 0.6) is 0 Å². The van der Waals surface area contributed by atoms with Crippen molar-refractivity contribution >= 4 is 17.7 Å². The van der Waals surface area contributed by atoms with E-state index in [0.29, 0.717) is 6.61 Å². The zero-order valence-electron chi connectivity index (χ0n) is 20.0. The maximum atomic E-state index is 12.4. The number of carbonyl (C=O) groups is 1. The molecule has 0 radical (unpaired) electrons. The van der Waals surface area contributed by atoms with Crippen molar-refractivity contribution in [3.05, 3.63) is 34.4 Å². The first-order chi connectivity index (χ1) is 15.7. The predicted molar refractivity (Wildman–Crippen MR) is 132 cm³/mol. The molecule has 1 aromatic carbocycles. The van der Waals surface area contributed by atoms with Crippen molar-refractivity contribution in [1.82, 2.24) is 0 Å². The molecule has 2 aliphatic heterocycles. The van der Waals surface area contributed by atoms with E-state index < -0.39 is 5.97 Å². The van der Waals surface area contributed by atoms with E-state index in [1.54, 1.807) is 6.08 Å². The van der Waals surface area contributed by atoms with Crippen molar-refractivity contribution in [1.29, 1.82) is 5.26 Å². The quantitative estimate of drug-likeness (QED) is 0.148. The van der Waals surface area contributed by atoms with Gasteiger partial charge >= 0.3 is 5.97 Å². The van der Waals surface area contributed by atoms with E-state index >= 15 is 0 Å². The molecule has 0 aliphatic carbocycles. The first-order valence-corrected chi connectivity index (χ1v) is 12.9. The van der Waals surface area contributed by atoms with Crippen LogP contribution in [0.1, 0.15) is 101 Å².